The minimum absolute atomic E-state index is 0.142. The van der Waals surface area contributed by atoms with Crippen molar-refractivity contribution >= 4 is 0 Å². The van der Waals surface area contributed by atoms with Crippen molar-refractivity contribution in [3.63, 3.8) is 0 Å². The number of ether oxygens (including phenoxy) is 1. The predicted molar refractivity (Wildman–Crippen MR) is 124 cm³/mol. The molecule has 0 aliphatic carbocycles. The average molecular weight is 432 g/mol. The molecule has 166 valence electrons. The molecule has 3 aromatic carbocycles. The van der Waals surface area contributed by atoms with E-state index in [1.165, 1.54) is 5.56 Å². The number of phenolic OH excluding ortho intramolecular Hbond substituents is 1. The van der Waals surface area contributed by atoms with Gasteiger partial charge in [0.1, 0.15) is 17.1 Å². The first-order valence-electron chi connectivity index (χ1n) is 11.3. The largest absolute Gasteiger partial charge is 0.508 e. The molecule has 2 unspecified atom stereocenters. The minimum atomic E-state index is -0.633. The number of hydrogen-bond donors (Lipinski definition) is 3. The molecule has 3 N–H and O–H groups in total. The van der Waals surface area contributed by atoms with Crippen molar-refractivity contribution < 1.29 is 20.1 Å². The average Bonchev–Trinajstić information content (AvgIpc) is 2.82. The number of fused-ring (bicyclic) bond motifs is 1. The second-order valence-electron chi connectivity index (χ2n) is 9.03. The van der Waals surface area contributed by atoms with Crippen molar-refractivity contribution in [2.24, 2.45) is 0 Å². The summed E-state index contributed by atoms with van der Waals surface area (Å²) in [4.78, 5) is 2.27. The molecule has 2 atom stereocenters. The Morgan fingerprint density at radius 1 is 0.938 bits per heavy atom. The first-order valence-corrected chi connectivity index (χ1v) is 11.3. The summed E-state index contributed by atoms with van der Waals surface area (Å²) in [6.45, 7) is 2.19. The van der Waals surface area contributed by atoms with Gasteiger partial charge in [0.25, 0.3) is 0 Å². The Hall–Kier alpha value is -2.86. The number of β-amino-alcohol motifs (C(OH)–C–C–N with tert-alkyl or cyclic N) is 1. The maximum Gasteiger partial charge on any atom is 0.126 e. The molecule has 2 aliphatic rings. The molecule has 1 fully saturated rings. The van der Waals surface area contributed by atoms with Gasteiger partial charge < -0.3 is 25.0 Å². The molecule has 0 amide bonds. The van der Waals surface area contributed by atoms with Gasteiger partial charge in [-0.3, -0.25) is 0 Å². The van der Waals surface area contributed by atoms with Crippen LogP contribution < -0.4 is 4.74 Å². The van der Waals surface area contributed by atoms with Crippen molar-refractivity contribution in [3.05, 3.63) is 83.9 Å². The third kappa shape index (κ3) is 4.24. The van der Waals surface area contributed by atoms with E-state index in [-0.39, 0.29) is 11.4 Å². The van der Waals surface area contributed by atoms with Gasteiger partial charge in [-0.15, -0.1) is 0 Å². The van der Waals surface area contributed by atoms with Crippen LogP contribution in [0.5, 0.6) is 11.5 Å². The lowest BCUT2D eigenvalue weighted by Crippen LogP contribution is -2.51. The van der Waals surface area contributed by atoms with E-state index in [0.717, 1.165) is 37.1 Å². The van der Waals surface area contributed by atoms with E-state index in [1.54, 1.807) is 18.2 Å². The van der Waals surface area contributed by atoms with Gasteiger partial charge in [0.2, 0.25) is 0 Å². The zero-order chi connectivity index (χ0) is 22.1. The molecule has 2 aliphatic heterocycles. The number of aromatic hydroxyl groups is 1. The lowest BCUT2D eigenvalue weighted by molar-refractivity contribution is -0.0588. The van der Waals surface area contributed by atoms with E-state index < -0.39 is 12.2 Å². The highest BCUT2D eigenvalue weighted by Gasteiger charge is 2.43. The van der Waals surface area contributed by atoms with Crippen LogP contribution >= 0.6 is 0 Å². The van der Waals surface area contributed by atoms with Gasteiger partial charge in [0.05, 0.1) is 12.2 Å². The quantitative estimate of drug-likeness (QED) is 0.570. The van der Waals surface area contributed by atoms with Crippen LogP contribution in [-0.4, -0.2) is 45.5 Å². The topological polar surface area (TPSA) is 73.2 Å². The maximum absolute atomic E-state index is 10.8. The van der Waals surface area contributed by atoms with Crippen LogP contribution in [0.4, 0.5) is 0 Å². The summed E-state index contributed by atoms with van der Waals surface area (Å²) in [5.74, 6) is 0.802. The van der Waals surface area contributed by atoms with Crippen LogP contribution in [-0.2, 0) is 0 Å². The van der Waals surface area contributed by atoms with Crippen molar-refractivity contribution in [3.8, 4) is 22.6 Å². The zero-order valence-electron chi connectivity index (χ0n) is 18.0. The third-order valence-corrected chi connectivity index (χ3v) is 6.85. The molecular weight excluding hydrogens is 402 g/mol. The monoisotopic (exact) mass is 431 g/mol. The normalized spacial score (nSPS) is 21.0. The zero-order valence-corrected chi connectivity index (χ0v) is 18.0. The molecule has 3 aromatic rings. The second-order valence-corrected chi connectivity index (χ2v) is 9.03. The highest BCUT2D eigenvalue weighted by Crippen LogP contribution is 2.45. The van der Waals surface area contributed by atoms with Gasteiger partial charge in [-0.2, -0.15) is 0 Å². The Morgan fingerprint density at radius 3 is 2.34 bits per heavy atom. The lowest BCUT2D eigenvalue weighted by atomic mass is 9.81. The standard InChI is InChI=1S/C27H29NO4/c29-22-10-11-26-23(16-22)24(30)17-27(32-26)12-14-28(15-13-27)18-25(31)21-8-6-20(7-9-21)19-4-2-1-3-5-19/h1-11,16,24-25,29-31H,12-15,17-18H2. The first kappa shape index (κ1) is 21.0. The van der Waals surface area contributed by atoms with Crippen LogP contribution in [0.3, 0.4) is 0 Å². The highest BCUT2D eigenvalue weighted by atomic mass is 16.5. The van der Waals surface area contributed by atoms with Gasteiger partial charge in [-0.25, -0.2) is 0 Å². The lowest BCUT2D eigenvalue weighted by Gasteiger charge is -2.46. The van der Waals surface area contributed by atoms with Gasteiger partial charge in [-0.1, -0.05) is 54.6 Å². The van der Waals surface area contributed by atoms with Crippen LogP contribution in [0.15, 0.2) is 72.8 Å². The van der Waals surface area contributed by atoms with Gasteiger partial charge in [0, 0.05) is 31.6 Å². The van der Waals surface area contributed by atoms with Crippen LogP contribution in [0.2, 0.25) is 0 Å². The van der Waals surface area contributed by atoms with Crippen LogP contribution in [0.1, 0.15) is 42.6 Å². The summed E-state index contributed by atoms with van der Waals surface area (Å²) in [7, 11) is 0. The van der Waals surface area contributed by atoms with Crippen LogP contribution in [0.25, 0.3) is 11.1 Å². The van der Waals surface area contributed by atoms with Crippen molar-refractivity contribution in [2.75, 3.05) is 19.6 Å². The molecule has 0 aromatic heterocycles. The van der Waals surface area contributed by atoms with E-state index in [4.69, 9.17) is 4.74 Å². The maximum atomic E-state index is 10.8. The minimum Gasteiger partial charge on any atom is -0.508 e. The summed E-state index contributed by atoms with van der Waals surface area (Å²) in [5.41, 5.74) is 3.50. The van der Waals surface area contributed by atoms with E-state index in [0.29, 0.717) is 24.3 Å². The van der Waals surface area contributed by atoms with E-state index in [1.807, 2.05) is 30.3 Å². The summed E-state index contributed by atoms with van der Waals surface area (Å²) in [5, 5.41) is 31.1. The SMILES string of the molecule is Oc1ccc2c(c1)C(O)CC1(CCN(CC(O)c3ccc(-c4ccccc4)cc3)CC1)O2. The fourth-order valence-electron chi connectivity index (χ4n) is 4.95. The number of phenols is 1. The number of likely N-dealkylation sites (tertiary alicyclic amines) is 1. The summed E-state index contributed by atoms with van der Waals surface area (Å²) >= 11 is 0. The number of nitrogens with zero attached hydrogens (tertiary/aromatic N) is 1. The highest BCUT2D eigenvalue weighted by molar-refractivity contribution is 5.63. The number of rotatable bonds is 4. The van der Waals surface area contributed by atoms with Crippen molar-refractivity contribution in [2.45, 2.75) is 37.1 Å². The Labute approximate surface area is 188 Å². The Kier molecular flexibility index (Phi) is 5.64. The number of aliphatic hydroxyl groups is 2. The molecule has 2 heterocycles. The summed E-state index contributed by atoms with van der Waals surface area (Å²) < 4.78 is 6.32. The van der Waals surface area contributed by atoms with Crippen LogP contribution in [0, 0.1) is 0 Å². The van der Waals surface area contributed by atoms with Crippen molar-refractivity contribution in [1.29, 1.82) is 0 Å². The smallest absolute Gasteiger partial charge is 0.126 e. The number of aliphatic hydroxyl groups excluding tert-OH is 2. The fraction of sp³-hybridized carbons (Fsp3) is 0.333. The molecule has 1 saturated heterocycles. The molecule has 0 radical (unpaired) electrons. The molecule has 5 rings (SSSR count). The number of piperidine rings is 1. The predicted octanol–water partition coefficient (Wildman–Crippen LogP) is 4.44. The molecule has 0 saturated carbocycles. The third-order valence-electron chi connectivity index (χ3n) is 6.85. The van der Waals surface area contributed by atoms with E-state index in [9.17, 15) is 15.3 Å². The van der Waals surface area contributed by atoms with Gasteiger partial charge in [0.15, 0.2) is 0 Å². The Morgan fingerprint density at radius 2 is 1.62 bits per heavy atom. The molecule has 5 heteroatoms. The fourth-order valence-corrected chi connectivity index (χ4v) is 4.95. The van der Waals surface area contributed by atoms with Crippen molar-refractivity contribution in [1.82, 2.24) is 4.90 Å². The van der Waals surface area contributed by atoms with E-state index in [2.05, 4.69) is 29.2 Å². The summed E-state index contributed by atoms with van der Waals surface area (Å²) in [6, 6.07) is 23.3. The van der Waals surface area contributed by atoms with E-state index >= 15 is 0 Å². The second kappa shape index (κ2) is 8.58. The number of benzene rings is 3. The molecule has 0 bridgehead atoms. The molecular formula is C27H29NO4. The number of hydrogen-bond acceptors (Lipinski definition) is 5. The Balaban J connectivity index is 1.19. The molecule has 32 heavy (non-hydrogen) atoms. The van der Waals surface area contributed by atoms with Gasteiger partial charge in [-0.05, 0) is 47.7 Å². The summed E-state index contributed by atoms with van der Waals surface area (Å²) in [6.07, 6.45) is 0.941. The molecule has 5 nitrogen and oxygen atoms in total. The molecule has 1 spiro atoms. The Bertz CT molecular complexity index is 1060. The first-order chi connectivity index (χ1) is 15.5. The van der Waals surface area contributed by atoms with Gasteiger partial charge >= 0.3 is 0 Å².